The molecule has 0 amide bonds. The SMILES string of the molecule is CCCNC1CC(C)CC(C)C1Sc1ncccc1Br. The van der Waals surface area contributed by atoms with E-state index in [9.17, 15) is 0 Å². The van der Waals surface area contributed by atoms with Gasteiger partial charge >= 0.3 is 0 Å². The lowest BCUT2D eigenvalue weighted by Crippen LogP contribution is -2.46. The van der Waals surface area contributed by atoms with E-state index in [1.165, 1.54) is 19.3 Å². The Morgan fingerprint density at radius 1 is 1.40 bits per heavy atom. The van der Waals surface area contributed by atoms with Crippen molar-refractivity contribution in [2.45, 2.75) is 56.4 Å². The van der Waals surface area contributed by atoms with Crippen LogP contribution in [0.5, 0.6) is 0 Å². The topological polar surface area (TPSA) is 24.9 Å². The summed E-state index contributed by atoms with van der Waals surface area (Å²) in [5, 5.41) is 5.50. The quantitative estimate of drug-likeness (QED) is 0.824. The Bertz CT molecular complexity index is 427. The fourth-order valence-corrected chi connectivity index (χ4v) is 4.95. The molecule has 4 heteroatoms. The highest BCUT2D eigenvalue weighted by Gasteiger charge is 2.34. The van der Waals surface area contributed by atoms with Crippen molar-refractivity contribution in [2.75, 3.05) is 6.54 Å². The number of rotatable bonds is 5. The summed E-state index contributed by atoms with van der Waals surface area (Å²) in [4.78, 5) is 4.53. The molecule has 0 bridgehead atoms. The van der Waals surface area contributed by atoms with Crippen molar-refractivity contribution >= 4 is 27.7 Å². The van der Waals surface area contributed by atoms with Crippen molar-refractivity contribution in [1.29, 1.82) is 0 Å². The van der Waals surface area contributed by atoms with E-state index in [-0.39, 0.29) is 0 Å². The lowest BCUT2D eigenvalue weighted by Gasteiger charge is -2.39. The fraction of sp³-hybridized carbons (Fsp3) is 0.688. The molecule has 112 valence electrons. The zero-order valence-electron chi connectivity index (χ0n) is 12.6. The van der Waals surface area contributed by atoms with Gasteiger partial charge in [-0.25, -0.2) is 4.98 Å². The predicted molar refractivity (Wildman–Crippen MR) is 91.2 cm³/mol. The van der Waals surface area contributed by atoms with E-state index >= 15 is 0 Å². The Morgan fingerprint density at radius 2 is 2.20 bits per heavy atom. The van der Waals surface area contributed by atoms with Crippen LogP contribution in [0.25, 0.3) is 0 Å². The second-order valence-corrected chi connectivity index (χ2v) is 8.01. The van der Waals surface area contributed by atoms with Gasteiger partial charge < -0.3 is 5.32 Å². The monoisotopic (exact) mass is 356 g/mol. The largest absolute Gasteiger partial charge is 0.313 e. The first-order chi connectivity index (χ1) is 9.61. The Balaban J connectivity index is 2.10. The van der Waals surface area contributed by atoms with Crippen LogP contribution in [0.1, 0.15) is 40.0 Å². The molecule has 0 aliphatic heterocycles. The molecule has 1 fully saturated rings. The van der Waals surface area contributed by atoms with Crippen LogP contribution in [0.2, 0.25) is 0 Å². The van der Waals surface area contributed by atoms with E-state index in [1.807, 2.05) is 24.0 Å². The summed E-state index contributed by atoms with van der Waals surface area (Å²) in [6, 6.07) is 4.67. The molecular weight excluding hydrogens is 332 g/mol. The Labute approximate surface area is 135 Å². The second-order valence-electron chi connectivity index (χ2n) is 5.99. The number of nitrogens with one attached hydrogen (secondary N) is 1. The Hall–Kier alpha value is -0.0600. The number of aromatic nitrogens is 1. The standard InChI is InChI=1S/C16H25BrN2S/c1-4-7-18-14-10-11(2)9-12(3)15(14)20-16-13(17)6-5-8-19-16/h5-6,8,11-12,14-15,18H,4,7,9-10H2,1-3H3. The maximum Gasteiger partial charge on any atom is 0.110 e. The minimum Gasteiger partial charge on any atom is -0.313 e. The minimum atomic E-state index is 0.604. The predicted octanol–water partition coefficient (Wildman–Crippen LogP) is 4.74. The zero-order valence-corrected chi connectivity index (χ0v) is 15.0. The maximum absolute atomic E-state index is 4.53. The molecule has 1 aliphatic rings. The number of halogens is 1. The molecule has 0 radical (unpaired) electrons. The summed E-state index contributed by atoms with van der Waals surface area (Å²) < 4.78 is 1.12. The first kappa shape index (κ1) is 16.3. The lowest BCUT2D eigenvalue weighted by atomic mass is 9.80. The molecule has 20 heavy (non-hydrogen) atoms. The number of pyridine rings is 1. The summed E-state index contributed by atoms with van der Waals surface area (Å²) in [6.07, 6.45) is 5.69. The van der Waals surface area contributed by atoms with E-state index in [1.54, 1.807) is 0 Å². The van der Waals surface area contributed by atoms with Crippen LogP contribution in [-0.2, 0) is 0 Å². The normalized spacial score (nSPS) is 30.4. The molecule has 1 saturated carbocycles. The van der Waals surface area contributed by atoms with Gasteiger partial charge in [0.2, 0.25) is 0 Å². The molecule has 1 heterocycles. The molecule has 2 rings (SSSR count). The zero-order chi connectivity index (χ0) is 14.5. The Kier molecular flexibility index (Phi) is 6.37. The van der Waals surface area contributed by atoms with Gasteiger partial charge in [-0.3, -0.25) is 0 Å². The van der Waals surface area contributed by atoms with Crippen LogP contribution in [-0.4, -0.2) is 22.8 Å². The molecule has 0 aromatic carbocycles. The summed E-state index contributed by atoms with van der Waals surface area (Å²) >= 11 is 5.56. The highest BCUT2D eigenvalue weighted by atomic mass is 79.9. The highest BCUT2D eigenvalue weighted by molar-refractivity contribution is 9.10. The average molecular weight is 357 g/mol. The third kappa shape index (κ3) is 4.22. The minimum absolute atomic E-state index is 0.604. The average Bonchev–Trinajstić information content (AvgIpc) is 2.41. The van der Waals surface area contributed by atoms with Crippen molar-refractivity contribution in [3.63, 3.8) is 0 Å². The summed E-state index contributed by atoms with van der Waals surface area (Å²) in [6.45, 7) is 8.13. The molecule has 0 saturated heterocycles. The van der Waals surface area contributed by atoms with Gasteiger partial charge in [-0.05, 0) is 65.7 Å². The molecular formula is C16H25BrN2S. The molecule has 0 spiro atoms. The van der Waals surface area contributed by atoms with Crippen LogP contribution in [0, 0.1) is 11.8 Å². The number of hydrogen-bond donors (Lipinski definition) is 1. The lowest BCUT2D eigenvalue weighted by molar-refractivity contribution is 0.249. The van der Waals surface area contributed by atoms with Crippen molar-refractivity contribution in [3.8, 4) is 0 Å². The molecule has 1 aromatic rings. The number of nitrogens with zero attached hydrogens (tertiary/aromatic N) is 1. The highest BCUT2D eigenvalue weighted by Crippen LogP contribution is 2.40. The van der Waals surface area contributed by atoms with Crippen LogP contribution >= 0.6 is 27.7 Å². The van der Waals surface area contributed by atoms with Gasteiger partial charge in [-0.1, -0.05) is 32.5 Å². The van der Waals surface area contributed by atoms with Crippen molar-refractivity contribution in [3.05, 3.63) is 22.8 Å². The van der Waals surface area contributed by atoms with Gasteiger partial charge in [0.15, 0.2) is 0 Å². The van der Waals surface area contributed by atoms with Gasteiger partial charge in [-0.2, -0.15) is 0 Å². The van der Waals surface area contributed by atoms with E-state index in [0.29, 0.717) is 11.3 Å². The number of thioether (sulfide) groups is 1. The number of hydrogen-bond acceptors (Lipinski definition) is 3. The third-order valence-corrected chi connectivity index (χ3v) is 6.53. The maximum atomic E-state index is 4.53. The van der Waals surface area contributed by atoms with Crippen LogP contribution < -0.4 is 5.32 Å². The van der Waals surface area contributed by atoms with Gasteiger partial charge in [0.1, 0.15) is 5.03 Å². The van der Waals surface area contributed by atoms with Crippen molar-refractivity contribution in [1.82, 2.24) is 10.3 Å². The van der Waals surface area contributed by atoms with Crippen molar-refractivity contribution in [2.24, 2.45) is 11.8 Å². The van der Waals surface area contributed by atoms with E-state index in [2.05, 4.69) is 53.1 Å². The molecule has 1 aliphatic carbocycles. The first-order valence-electron chi connectivity index (χ1n) is 7.62. The van der Waals surface area contributed by atoms with Gasteiger partial charge in [-0.15, -0.1) is 0 Å². The third-order valence-electron chi connectivity index (χ3n) is 4.02. The first-order valence-corrected chi connectivity index (χ1v) is 9.29. The van der Waals surface area contributed by atoms with Gasteiger partial charge in [0.25, 0.3) is 0 Å². The van der Waals surface area contributed by atoms with Gasteiger partial charge in [0.05, 0.1) is 0 Å². The smallest absolute Gasteiger partial charge is 0.110 e. The summed E-state index contributed by atoms with van der Waals surface area (Å²) in [5.74, 6) is 1.55. The van der Waals surface area contributed by atoms with Crippen LogP contribution in [0.3, 0.4) is 0 Å². The van der Waals surface area contributed by atoms with Crippen molar-refractivity contribution < 1.29 is 0 Å². The van der Waals surface area contributed by atoms with E-state index < -0.39 is 0 Å². The van der Waals surface area contributed by atoms with Crippen LogP contribution in [0.15, 0.2) is 27.8 Å². The summed E-state index contributed by atoms with van der Waals surface area (Å²) in [7, 11) is 0. The fourth-order valence-electron chi connectivity index (χ4n) is 3.14. The molecule has 2 nitrogen and oxygen atoms in total. The molecule has 1 N–H and O–H groups in total. The Morgan fingerprint density at radius 3 is 2.90 bits per heavy atom. The molecule has 1 aromatic heterocycles. The van der Waals surface area contributed by atoms with Crippen LogP contribution in [0.4, 0.5) is 0 Å². The molecule has 4 unspecified atom stereocenters. The summed E-state index contributed by atoms with van der Waals surface area (Å²) in [5.41, 5.74) is 0. The molecule has 4 atom stereocenters. The second kappa shape index (κ2) is 7.81. The van der Waals surface area contributed by atoms with E-state index in [0.717, 1.165) is 27.9 Å². The van der Waals surface area contributed by atoms with Gasteiger partial charge in [0, 0.05) is 22.0 Å². The van der Waals surface area contributed by atoms with E-state index in [4.69, 9.17) is 0 Å².